The molecule has 5 rings (SSSR count). The number of fused-ring (bicyclic) bond motifs is 1. The summed E-state index contributed by atoms with van der Waals surface area (Å²) in [5, 5.41) is 9.25. The standard InChI is InChI=1S/C21H17BrClN7O/c22-15-3-1-14(2-4-15)21(31)29-11-9-28(10-12-29)19-18-20(25-13-24-19)30(27-26-18)17-7-5-16(23)6-8-17/h1-8,13H,9-12H2. The first kappa shape index (κ1) is 19.9. The van der Waals surface area contributed by atoms with Gasteiger partial charge in [-0.05, 0) is 48.5 Å². The van der Waals surface area contributed by atoms with Crippen LogP contribution in [0.2, 0.25) is 5.02 Å². The summed E-state index contributed by atoms with van der Waals surface area (Å²) in [6, 6.07) is 14.8. The van der Waals surface area contributed by atoms with Crippen molar-refractivity contribution >= 4 is 50.4 Å². The monoisotopic (exact) mass is 497 g/mol. The number of rotatable bonds is 3. The van der Waals surface area contributed by atoms with Crippen molar-refractivity contribution in [2.24, 2.45) is 0 Å². The van der Waals surface area contributed by atoms with Crippen LogP contribution in [0.5, 0.6) is 0 Å². The summed E-state index contributed by atoms with van der Waals surface area (Å²) in [6.45, 7) is 2.52. The Morgan fingerprint density at radius 1 is 0.935 bits per heavy atom. The van der Waals surface area contributed by atoms with Gasteiger partial charge in [-0.15, -0.1) is 5.10 Å². The minimum atomic E-state index is 0.0358. The molecular formula is C21H17BrClN7O. The lowest BCUT2D eigenvalue weighted by molar-refractivity contribution is 0.0746. The van der Waals surface area contributed by atoms with Gasteiger partial charge in [0.05, 0.1) is 5.69 Å². The van der Waals surface area contributed by atoms with Gasteiger partial charge in [0.15, 0.2) is 17.0 Å². The van der Waals surface area contributed by atoms with E-state index in [1.165, 1.54) is 6.33 Å². The number of piperazine rings is 1. The van der Waals surface area contributed by atoms with Crippen LogP contribution in [-0.4, -0.2) is 61.9 Å². The van der Waals surface area contributed by atoms with Crippen molar-refractivity contribution in [1.29, 1.82) is 0 Å². The molecule has 156 valence electrons. The molecule has 3 heterocycles. The Bertz CT molecular complexity index is 1240. The number of benzene rings is 2. The molecule has 4 aromatic rings. The van der Waals surface area contributed by atoms with Gasteiger partial charge in [0.25, 0.3) is 5.91 Å². The summed E-state index contributed by atoms with van der Waals surface area (Å²) in [6.07, 6.45) is 1.52. The number of anilines is 1. The largest absolute Gasteiger partial charge is 0.351 e. The molecule has 1 aliphatic heterocycles. The molecule has 2 aromatic carbocycles. The lowest BCUT2D eigenvalue weighted by Gasteiger charge is -2.35. The third kappa shape index (κ3) is 3.86. The summed E-state index contributed by atoms with van der Waals surface area (Å²) >= 11 is 9.39. The minimum absolute atomic E-state index is 0.0358. The van der Waals surface area contributed by atoms with Crippen LogP contribution >= 0.6 is 27.5 Å². The van der Waals surface area contributed by atoms with Crippen LogP contribution < -0.4 is 4.90 Å². The van der Waals surface area contributed by atoms with Crippen molar-refractivity contribution < 1.29 is 4.79 Å². The van der Waals surface area contributed by atoms with E-state index < -0.39 is 0 Å². The van der Waals surface area contributed by atoms with E-state index >= 15 is 0 Å². The van der Waals surface area contributed by atoms with Crippen molar-refractivity contribution in [2.75, 3.05) is 31.1 Å². The number of nitrogens with zero attached hydrogens (tertiary/aromatic N) is 7. The summed E-state index contributed by atoms with van der Waals surface area (Å²) in [4.78, 5) is 25.6. The van der Waals surface area contributed by atoms with Crippen LogP contribution in [0.4, 0.5) is 5.82 Å². The van der Waals surface area contributed by atoms with Crippen LogP contribution in [0.25, 0.3) is 16.9 Å². The summed E-state index contributed by atoms with van der Waals surface area (Å²) in [7, 11) is 0. The number of carbonyl (C=O) groups excluding carboxylic acids is 1. The van der Waals surface area contributed by atoms with Gasteiger partial charge in [0.2, 0.25) is 0 Å². The van der Waals surface area contributed by atoms with E-state index in [-0.39, 0.29) is 5.91 Å². The molecule has 0 spiro atoms. The number of carbonyl (C=O) groups is 1. The topological polar surface area (TPSA) is 80.0 Å². The third-order valence-electron chi connectivity index (χ3n) is 5.25. The predicted octanol–water partition coefficient (Wildman–Crippen LogP) is 3.59. The zero-order valence-corrected chi connectivity index (χ0v) is 18.7. The first-order chi connectivity index (χ1) is 15.1. The second kappa shape index (κ2) is 8.24. The quantitative estimate of drug-likeness (QED) is 0.429. The van der Waals surface area contributed by atoms with Crippen molar-refractivity contribution in [2.45, 2.75) is 0 Å². The van der Waals surface area contributed by atoms with E-state index in [1.807, 2.05) is 41.3 Å². The lowest BCUT2D eigenvalue weighted by Crippen LogP contribution is -2.49. The van der Waals surface area contributed by atoms with Crippen molar-refractivity contribution in [3.05, 3.63) is 69.9 Å². The number of amides is 1. The second-order valence-electron chi connectivity index (χ2n) is 7.13. The maximum Gasteiger partial charge on any atom is 0.253 e. The van der Waals surface area contributed by atoms with Gasteiger partial charge in [-0.25, -0.2) is 9.97 Å². The van der Waals surface area contributed by atoms with Gasteiger partial charge >= 0.3 is 0 Å². The van der Waals surface area contributed by atoms with Crippen LogP contribution in [0.15, 0.2) is 59.3 Å². The van der Waals surface area contributed by atoms with Crippen LogP contribution in [0.1, 0.15) is 10.4 Å². The molecule has 0 radical (unpaired) electrons. The van der Waals surface area contributed by atoms with Gasteiger partial charge in [-0.1, -0.05) is 32.7 Å². The normalized spacial score (nSPS) is 14.3. The highest BCUT2D eigenvalue weighted by Gasteiger charge is 2.25. The lowest BCUT2D eigenvalue weighted by atomic mass is 10.2. The van der Waals surface area contributed by atoms with Crippen molar-refractivity contribution in [3.8, 4) is 5.69 Å². The third-order valence-corrected chi connectivity index (χ3v) is 6.03. The molecule has 0 unspecified atom stereocenters. The van der Waals surface area contributed by atoms with Crippen LogP contribution in [0.3, 0.4) is 0 Å². The zero-order chi connectivity index (χ0) is 21.4. The molecule has 0 saturated carbocycles. The minimum Gasteiger partial charge on any atom is -0.351 e. The highest BCUT2D eigenvalue weighted by molar-refractivity contribution is 9.10. The average Bonchev–Trinajstić information content (AvgIpc) is 3.24. The molecule has 0 aliphatic carbocycles. The maximum absolute atomic E-state index is 12.8. The molecule has 1 amide bonds. The fraction of sp³-hybridized carbons (Fsp3) is 0.190. The Kier molecular flexibility index (Phi) is 5.29. The van der Waals surface area contributed by atoms with E-state index in [9.17, 15) is 4.79 Å². The maximum atomic E-state index is 12.8. The van der Waals surface area contributed by atoms with Gasteiger partial charge in [-0.2, -0.15) is 4.68 Å². The second-order valence-corrected chi connectivity index (χ2v) is 8.49. The smallest absolute Gasteiger partial charge is 0.253 e. The zero-order valence-electron chi connectivity index (χ0n) is 16.3. The molecule has 8 nitrogen and oxygen atoms in total. The van der Waals surface area contributed by atoms with Crippen LogP contribution in [0, 0.1) is 0 Å². The molecule has 10 heteroatoms. The van der Waals surface area contributed by atoms with Gasteiger partial charge in [-0.3, -0.25) is 4.79 Å². The Labute approximate surface area is 191 Å². The molecule has 1 aliphatic rings. The molecular weight excluding hydrogens is 482 g/mol. The average molecular weight is 499 g/mol. The van der Waals surface area contributed by atoms with Gasteiger partial charge in [0, 0.05) is 41.2 Å². The Balaban J connectivity index is 1.36. The first-order valence-corrected chi connectivity index (χ1v) is 10.9. The van der Waals surface area contributed by atoms with E-state index in [1.54, 1.807) is 16.8 Å². The number of hydrogen-bond donors (Lipinski definition) is 0. The number of halogens is 2. The van der Waals surface area contributed by atoms with E-state index in [2.05, 4.69) is 41.1 Å². The van der Waals surface area contributed by atoms with Crippen LogP contribution in [-0.2, 0) is 0 Å². The van der Waals surface area contributed by atoms with Gasteiger partial charge < -0.3 is 9.80 Å². The number of hydrogen-bond acceptors (Lipinski definition) is 6. The van der Waals surface area contributed by atoms with E-state index in [0.29, 0.717) is 47.9 Å². The molecule has 0 atom stereocenters. The van der Waals surface area contributed by atoms with Crippen molar-refractivity contribution in [1.82, 2.24) is 29.9 Å². The molecule has 1 fully saturated rings. The Morgan fingerprint density at radius 2 is 1.65 bits per heavy atom. The summed E-state index contributed by atoms with van der Waals surface area (Å²) in [5.74, 6) is 0.759. The molecule has 1 saturated heterocycles. The molecule has 2 aromatic heterocycles. The fourth-order valence-corrected chi connectivity index (χ4v) is 4.01. The Hall–Kier alpha value is -3.04. The highest BCUT2D eigenvalue weighted by Crippen LogP contribution is 2.24. The van der Waals surface area contributed by atoms with E-state index in [4.69, 9.17) is 11.6 Å². The molecule has 31 heavy (non-hydrogen) atoms. The highest BCUT2D eigenvalue weighted by atomic mass is 79.9. The van der Waals surface area contributed by atoms with Crippen molar-refractivity contribution in [3.63, 3.8) is 0 Å². The van der Waals surface area contributed by atoms with E-state index in [0.717, 1.165) is 16.0 Å². The Morgan fingerprint density at radius 3 is 2.35 bits per heavy atom. The summed E-state index contributed by atoms with van der Waals surface area (Å²) in [5.41, 5.74) is 2.76. The summed E-state index contributed by atoms with van der Waals surface area (Å²) < 4.78 is 2.62. The predicted molar refractivity (Wildman–Crippen MR) is 122 cm³/mol. The molecule has 0 bridgehead atoms. The fourth-order valence-electron chi connectivity index (χ4n) is 3.62. The SMILES string of the molecule is O=C(c1ccc(Br)cc1)N1CCN(c2ncnc3c2nnn3-c2ccc(Cl)cc2)CC1. The molecule has 0 N–H and O–H groups in total. The first-order valence-electron chi connectivity index (χ1n) is 9.72. The number of aromatic nitrogens is 5. The van der Waals surface area contributed by atoms with Gasteiger partial charge in [0.1, 0.15) is 6.33 Å².